The van der Waals surface area contributed by atoms with Crippen LogP contribution in [-0.4, -0.2) is 27.3 Å². The maximum absolute atomic E-state index is 12.8. The Bertz CT molecular complexity index is 915. The lowest BCUT2D eigenvalue weighted by atomic mass is 10.3. The van der Waals surface area contributed by atoms with Crippen molar-refractivity contribution in [3.05, 3.63) is 46.0 Å². The molecule has 132 valence electrons. The Morgan fingerprint density at radius 3 is 3.04 bits per heavy atom. The van der Waals surface area contributed by atoms with E-state index in [-0.39, 0.29) is 23.3 Å². The van der Waals surface area contributed by atoms with E-state index in [0.717, 1.165) is 6.42 Å². The Morgan fingerprint density at radius 2 is 2.32 bits per heavy atom. The minimum atomic E-state index is -0.110. The van der Waals surface area contributed by atoms with Crippen LogP contribution >= 0.6 is 23.1 Å². The van der Waals surface area contributed by atoms with Gasteiger partial charge in [0.05, 0.1) is 24.1 Å². The van der Waals surface area contributed by atoms with Gasteiger partial charge >= 0.3 is 0 Å². The molecule has 1 amide bonds. The maximum Gasteiger partial charge on any atom is 0.272 e. The third-order valence-electron chi connectivity index (χ3n) is 3.78. The number of nitrogens with one attached hydrogen (secondary N) is 1. The molecule has 0 radical (unpaired) electrons. The van der Waals surface area contributed by atoms with Gasteiger partial charge < -0.3 is 9.73 Å². The van der Waals surface area contributed by atoms with Gasteiger partial charge in [-0.15, -0.1) is 11.3 Å². The zero-order chi connectivity index (χ0) is 17.8. The van der Waals surface area contributed by atoms with Crippen molar-refractivity contribution in [1.82, 2.24) is 14.9 Å². The molecule has 3 aromatic rings. The van der Waals surface area contributed by atoms with E-state index in [9.17, 15) is 9.59 Å². The molecular formula is C17H19N3O3S2. The number of hydrogen-bond acceptors (Lipinski definition) is 6. The van der Waals surface area contributed by atoms with E-state index in [0.29, 0.717) is 27.7 Å². The van der Waals surface area contributed by atoms with Crippen LogP contribution in [0.3, 0.4) is 0 Å². The van der Waals surface area contributed by atoms with Crippen LogP contribution in [0.15, 0.2) is 44.2 Å². The fourth-order valence-electron chi connectivity index (χ4n) is 2.28. The maximum atomic E-state index is 12.8. The van der Waals surface area contributed by atoms with Crippen LogP contribution in [0.5, 0.6) is 0 Å². The standard InChI is InChI=1S/C17H19N3O3S2/c1-3-11(2)18-14(21)10-25-17-19-13-6-8-24-15(13)16(22)20(17)9-12-5-4-7-23-12/h4-8,11H,3,9-10H2,1-2H3,(H,18,21). The van der Waals surface area contributed by atoms with Crippen LogP contribution in [0.1, 0.15) is 26.0 Å². The van der Waals surface area contributed by atoms with Gasteiger partial charge in [0.15, 0.2) is 5.16 Å². The fraction of sp³-hybridized carbons (Fsp3) is 0.353. The molecule has 0 spiro atoms. The number of carbonyl (C=O) groups is 1. The quantitative estimate of drug-likeness (QED) is 0.506. The normalized spacial score (nSPS) is 12.4. The molecule has 0 saturated carbocycles. The predicted octanol–water partition coefficient (Wildman–Crippen LogP) is 3.11. The minimum Gasteiger partial charge on any atom is -0.467 e. The third-order valence-corrected chi connectivity index (χ3v) is 5.65. The van der Waals surface area contributed by atoms with Crippen molar-refractivity contribution in [2.75, 3.05) is 5.75 Å². The molecule has 0 fully saturated rings. The molecular weight excluding hydrogens is 358 g/mol. The second-order valence-electron chi connectivity index (χ2n) is 5.67. The summed E-state index contributed by atoms with van der Waals surface area (Å²) in [6.07, 6.45) is 2.45. The van der Waals surface area contributed by atoms with Crippen molar-refractivity contribution < 1.29 is 9.21 Å². The number of hydrogen-bond donors (Lipinski definition) is 1. The van der Waals surface area contributed by atoms with Gasteiger partial charge in [-0.2, -0.15) is 0 Å². The van der Waals surface area contributed by atoms with E-state index < -0.39 is 0 Å². The number of furan rings is 1. The molecule has 1 N–H and O–H groups in total. The summed E-state index contributed by atoms with van der Waals surface area (Å²) in [5.41, 5.74) is 0.553. The molecule has 0 saturated heterocycles. The van der Waals surface area contributed by atoms with E-state index in [1.165, 1.54) is 23.1 Å². The average molecular weight is 377 g/mol. The van der Waals surface area contributed by atoms with Gasteiger partial charge in [-0.3, -0.25) is 14.2 Å². The van der Waals surface area contributed by atoms with Gasteiger partial charge in [0.1, 0.15) is 10.5 Å². The fourth-order valence-corrected chi connectivity index (χ4v) is 3.87. The van der Waals surface area contributed by atoms with Crippen molar-refractivity contribution in [2.45, 2.75) is 38.0 Å². The lowest BCUT2D eigenvalue weighted by molar-refractivity contribution is -0.119. The second kappa shape index (κ2) is 7.88. The molecule has 0 aliphatic rings. The number of nitrogens with zero attached hydrogens (tertiary/aromatic N) is 2. The predicted molar refractivity (Wildman–Crippen MR) is 100 cm³/mol. The van der Waals surface area contributed by atoms with Gasteiger partial charge in [0.25, 0.3) is 5.56 Å². The number of carbonyl (C=O) groups excluding carboxylic acids is 1. The highest BCUT2D eigenvalue weighted by molar-refractivity contribution is 7.99. The number of aromatic nitrogens is 2. The minimum absolute atomic E-state index is 0.0661. The number of amides is 1. The number of fused-ring (bicyclic) bond motifs is 1. The summed E-state index contributed by atoms with van der Waals surface area (Å²) in [6, 6.07) is 5.55. The smallest absolute Gasteiger partial charge is 0.272 e. The third kappa shape index (κ3) is 4.13. The molecule has 3 rings (SSSR count). The van der Waals surface area contributed by atoms with Crippen LogP contribution in [-0.2, 0) is 11.3 Å². The summed E-state index contributed by atoms with van der Waals surface area (Å²) in [5, 5.41) is 5.29. The van der Waals surface area contributed by atoms with Crippen molar-refractivity contribution in [3.8, 4) is 0 Å². The molecule has 1 unspecified atom stereocenters. The highest BCUT2D eigenvalue weighted by atomic mass is 32.2. The summed E-state index contributed by atoms with van der Waals surface area (Å²) in [5.74, 6) is 0.819. The topological polar surface area (TPSA) is 77.1 Å². The van der Waals surface area contributed by atoms with Crippen LogP contribution in [0, 0.1) is 0 Å². The average Bonchev–Trinajstić information content (AvgIpc) is 3.27. The van der Waals surface area contributed by atoms with Crippen LogP contribution in [0.25, 0.3) is 10.2 Å². The zero-order valence-corrected chi connectivity index (χ0v) is 15.7. The van der Waals surface area contributed by atoms with Crippen molar-refractivity contribution in [2.24, 2.45) is 0 Å². The van der Waals surface area contributed by atoms with E-state index in [2.05, 4.69) is 10.3 Å². The van der Waals surface area contributed by atoms with Gasteiger partial charge in [-0.05, 0) is 36.9 Å². The molecule has 0 bridgehead atoms. The molecule has 3 aromatic heterocycles. The van der Waals surface area contributed by atoms with Gasteiger partial charge in [0.2, 0.25) is 5.91 Å². The number of thioether (sulfide) groups is 1. The summed E-state index contributed by atoms with van der Waals surface area (Å²) in [4.78, 5) is 29.4. The highest BCUT2D eigenvalue weighted by Crippen LogP contribution is 2.21. The Balaban J connectivity index is 1.87. The SMILES string of the molecule is CCC(C)NC(=O)CSc1nc2ccsc2c(=O)n1Cc1ccco1. The zero-order valence-electron chi connectivity index (χ0n) is 14.0. The first kappa shape index (κ1) is 17.8. The summed E-state index contributed by atoms with van der Waals surface area (Å²) in [6.45, 7) is 4.28. The number of thiophene rings is 1. The van der Waals surface area contributed by atoms with Crippen molar-refractivity contribution in [3.63, 3.8) is 0 Å². The molecule has 6 nitrogen and oxygen atoms in total. The second-order valence-corrected chi connectivity index (χ2v) is 7.52. The van der Waals surface area contributed by atoms with Gasteiger partial charge in [-0.1, -0.05) is 18.7 Å². The molecule has 8 heteroatoms. The molecule has 1 atom stereocenters. The summed E-state index contributed by atoms with van der Waals surface area (Å²) >= 11 is 2.63. The number of rotatable bonds is 7. The van der Waals surface area contributed by atoms with Crippen LogP contribution < -0.4 is 10.9 Å². The Labute approximate surface area is 153 Å². The lowest BCUT2D eigenvalue weighted by Crippen LogP contribution is -2.33. The van der Waals surface area contributed by atoms with Crippen molar-refractivity contribution >= 4 is 39.2 Å². The first-order valence-electron chi connectivity index (χ1n) is 8.01. The molecule has 25 heavy (non-hydrogen) atoms. The largest absolute Gasteiger partial charge is 0.467 e. The monoisotopic (exact) mass is 377 g/mol. The summed E-state index contributed by atoms with van der Waals surface area (Å²) < 4.78 is 7.54. The first-order valence-corrected chi connectivity index (χ1v) is 9.87. The highest BCUT2D eigenvalue weighted by Gasteiger charge is 2.15. The van der Waals surface area contributed by atoms with Crippen LogP contribution in [0.2, 0.25) is 0 Å². The lowest BCUT2D eigenvalue weighted by Gasteiger charge is -2.13. The van der Waals surface area contributed by atoms with E-state index in [1.807, 2.05) is 31.4 Å². The molecule has 0 aromatic carbocycles. The Morgan fingerprint density at radius 1 is 1.48 bits per heavy atom. The Kier molecular flexibility index (Phi) is 5.60. The molecule has 0 aliphatic heterocycles. The van der Waals surface area contributed by atoms with E-state index in [1.54, 1.807) is 16.9 Å². The summed E-state index contributed by atoms with van der Waals surface area (Å²) in [7, 11) is 0. The van der Waals surface area contributed by atoms with Crippen LogP contribution in [0.4, 0.5) is 0 Å². The molecule has 0 aliphatic carbocycles. The van der Waals surface area contributed by atoms with Gasteiger partial charge in [-0.25, -0.2) is 4.98 Å². The van der Waals surface area contributed by atoms with E-state index >= 15 is 0 Å². The molecule has 3 heterocycles. The Hall–Kier alpha value is -2.06. The first-order chi connectivity index (χ1) is 12.1. The van der Waals surface area contributed by atoms with Crippen molar-refractivity contribution in [1.29, 1.82) is 0 Å². The van der Waals surface area contributed by atoms with E-state index in [4.69, 9.17) is 4.42 Å². The van der Waals surface area contributed by atoms with Gasteiger partial charge in [0, 0.05) is 6.04 Å².